The van der Waals surface area contributed by atoms with Gasteiger partial charge in [0, 0.05) is 5.69 Å². The molecule has 0 saturated heterocycles. The summed E-state index contributed by atoms with van der Waals surface area (Å²) in [7, 11) is -4.64. The van der Waals surface area contributed by atoms with Crippen molar-refractivity contribution in [3.63, 3.8) is 0 Å². The highest BCUT2D eigenvalue weighted by Gasteiger charge is 2.00. The van der Waals surface area contributed by atoms with E-state index < -0.39 is 7.82 Å². The molecule has 0 atom stereocenters. The Labute approximate surface area is 69.5 Å². The Morgan fingerprint density at radius 3 is 1.92 bits per heavy atom. The normalized spacial score (nSPS) is 10.4. The molecule has 4 N–H and O–H groups in total. The van der Waals surface area contributed by atoms with E-state index in [0.717, 1.165) is 5.69 Å². The lowest BCUT2D eigenvalue weighted by atomic mass is 10.4. The predicted octanol–water partition coefficient (Wildman–Crippen LogP) is 0.0979. The monoisotopic (exact) mass is 195 g/mol. The highest BCUT2D eigenvalue weighted by molar-refractivity contribution is 7.45. The number of nitrogens with one attached hydrogen (secondary N) is 1. The topological polar surface area (TPSA) is 106 Å². The highest BCUT2D eigenvalue weighted by atomic mass is 31.2. The predicted molar refractivity (Wildman–Crippen MR) is 42.3 cm³/mol. The maximum atomic E-state index is 8.88. The summed E-state index contributed by atoms with van der Waals surface area (Å²) >= 11 is 0. The fraction of sp³-hybridized carbons (Fsp3) is 0.400. The summed E-state index contributed by atoms with van der Waals surface area (Å²) in [6.45, 7) is 4.03. The Bertz CT molecular complexity index is 254. The Morgan fingerprint density at radius 1 is 1.42 bits per heavy atom. The minimum absolute atomic E-state index is 1.15. The van der Waals surface area contributed by atoms with Crippen molar-refractivity contribution in [2.24, 2.45) is 0 Å². The molecule has 0 spiro atoms. The second-order valence-electron chi connectivity index (χ2n) is 2.19. The van der Waals surface area contributed by atoms with E-state index in [-0.39, 0.29) is 0 Å². The van der Waals surface area contributed by atoms with Crippen molar-refractivity contribution in [1.82, 2.24) is 10.2 Å². The number of aromatic nitrogens is 2. The molecule has 0 aliphatic rings. The number of hydrogen-bond donors (Lipinski definition) is 4. The van der Waals surface area contributed by atoms with E-state index in [0.29, 0.717) is 0 Å². The average molecular weight is 195 g/mol. The highest BCUT2D eigenvalue weighted by Crippen LogP contribution is 2.25. The van der Waals surface area contributed by atoms with Gasteiger partial charge in [0.25, 0.3) is 0 Å². The van der Waals surface area contributed by atoms with Crippen LogP contribution in [0.3, 0.4) is 0 Å². The van der Waals surface area contributed by atoms with E-state index in [4.69, 9.17) is 19.2 Å². The van der Waals surface area contributed by atoms with E-state index in [9.17, 15) is 0 Å². The fourth-order valence-corrected chi connectivity index (χ4v) is 0.411. The van der Waals surface area contributed by atoms with Gasteiger partial charge in [-0.3, -0.25) is 5.10 Å². The second-order valence-corrected chi connectivity index (χ2v) is 3.22. The first-order valence-corrected chi connectivity index (χ1v) is 4.62. The molecule has 6 nitrogen and oxygen atoms in total. The Balaban J connectivity index is 0.000000217. The number of rotatable bonds is 0. The van der Waals surface area contributed by atoms with E-state index in [1.165, 1.54) is 5.56 Å². The molecule has 1 aromatic heterocycles. The largest absolute Gasteiger partial charge is 0.466 e. The summed E-state index contributed by atoms with van der Waals surface area (Å²) < 4.78 is 8.88. The van der Waals surface area contributed by atoms with E-state index in [1.807, 2.05) is 20.0 Å². The third kappa shape index (κ3) is 7.43. The molecule has 0 amide bonds. The zero-order chi connectivity index (χ0) is 9.78. The summed E-state index contributed by atoms with van der Waals surface area (Å²) in [5.74, 6) is 0. The molecule has 7 heteroatoms. The first-order chi connectivity index (χ1) is 5.30. The lowest BCUT2D eigenvalue weighted by Crippen LogP contribution is -1.70. The molecule has 0 radical (unpaired) electrons. The van der Waals surface area contributed by atoms with Crippen molar-refractivity contribution in [3.05, 3.63) is 17.5 Å². The van der Waals surface area contributed by atoms with Crippen LogP contribution in [0.1, 0.15) is 11.3 Å². The number of aromatic amines is 1. The zero-order valence-electron chi connectivity index (χ0n) is 6.72. The molecule has 12 heavy (non-hydrogen) atoms. The van der Waals surface area contributed by atoms with Crippen LogP contribution in [-0.2, 0) is 4.57 Å². The summed E-state index contributed by atoms with van der Waals surface area (Å²) in [5, 5.41) is 6.61. The molecule has 1 rings (SSSR count). The van der Waals surface area contributed by atoms with Gasteiger partial charge in [-0.2, -0.15) is 5.10 Å². The molecule has 1 heterocycles. The van der Waals surface area contributed by atoms with Gasteiger partial charge < -0.3 is 14.7 Å². The van der Waals surface area contributed by atoms with E-state index >= 15 is 0 Å². The maximum absolute atomic E-state index is 8.88. The molecule has 0 fully saturated rings. The van der Waals surface area contributed by atoms with Gasteiger partial charge in [0.15, 0.2) is 0 Å². The minimum Gasteiger partial charge on any atom is -0.303 e. The van der Waals surface area contributed by atoms with Crippen LogP contribution >= 0.6 is 7.82 Å². The summed E-state index contributed by atoms with van der Waals surface area (Å²) in [6, 6.07) is 0. The SMILES string of the molecule is Cc1[13cH]n[nH]c1C.O=P(O)(O)O. The van der Waals surface area contributed by atoms with Crippen molar-refractivity contribution < 1.29 is 19.2 Å². The standard InChI is InChI=1S/C5H8N2.H3O4P/c1-4-3-6-7-5(4)2;1-5(2,3)4/h3H,1-2H3,(H,6,7);(H3,1,2,3,4)/i3+1;. The second kappa shape index (κ2) is 4.37. The van der Waals surface area contributed by atoms with Crippen LogP contribution in [0.4, 0.5) is 0 Å². The zero-order valence-corrected chi connectivity index (χ0v) is 7.62. The first kappa shape index (κ1) is 11.3. The Kier molecular flexibility index (Phi) is 4.12. The Morgan fingerprint density at radius 2 is 1.83 bits per heavy atom. The van der Waals surface area contributed by atoms with Crippen molar-refractivity contribution in [1.29, 1.82) is 0 Å². The molecule has 0 unspecified atom stereocenters. The third-order valence-electron chi connectivity index (χ3n) is 1.08. The quantitative estimate of drug-likeness (QED) is 0.439. The average Bonchev–Trinajstić information content (AvgIpc) is 2.12. The van der Waals surface area contributed by atoms with Crippen LogP contribution in [0.25, 0.3) is 0 Å². The molecule has 70 valence electrons. The maximum Gasteiger partial charge on any atom is 0.466 e. The molecule has 0 aliphatic carbocycles. The van der Waals surface area contributed by atoms with Crippen molar-refractivity contribution >= 4 is 7.82 Å². The van der Waals surface area contributed by atoms with Gasteiger partial charge >= 0.3 is 7.82 Å². The number of aryl methyl sites for hydroxylation is 2. The van der Waals surface area contributed by atoms with Gasteiger partial charge in [-0.05, 0) is 19.4 Å². The van der Waals surface area contributed by atoms with Gasteiger partial charge in [0.05, 0.1) is 6.20 Å². The van der Waals surface area contributed by atoms with Crippen molar-refractivity contribution in [2.45, 2.75) is 13.8 Å². The first-order valence-electron chi connectivity index (χ1n) is 3.05. The van der Waals surface area contributed by atoms with Gasteiger partial charge in [0.1, 0.15) is 0 Å². The van der Waals surface area contributed by atoms with Gasteiger partial charge in [-0.1, -0.05) is 0 Å². The molecule has 0 aromatic carbocycles. The lowest BCUT2D eigenvalue weighted by molar-refractivity contribution is 0.275. The van der Waals surface area contributed by atoms with Gasteiger partial charge in [0.2, 0.25) is 0 Å². The molecule has 0 saturated carbocycles. The molecular weight excluding hydrogens is 184 g/mol. The molecular formula is C5H11N2O4P. The number of H-pyrrole nitrogens is 1. The number of hydrogen-bond acceptors (Lipinski definition) is 2. The van der Waals surface area contributed by atoms with Gasteiger partial charge in [-0.15, -0.1) is 0 Å². The smallest absolute Gasteiger partial charge is 0.303 e. The van der Waals surface area contributed by atoms with Crippen LogP contribution in [0, 0.1) is 13.8 Å². The Hall–Kier alpha value is -0.680. The van der Waals surface area contributed by atoms with E-state index in [1.54, 1.807) is 0 Å². The molecule has 0 bridgehead atoms. The van der Waals surface area contributed by atoms with E-state index in [2.05, 4.69) is 10.2 Å². The van der Waals surface area contributed by atoms with Crippen LogP contribution in [0.15, 0.2) is 6.20 Å². The summed E-state index contributed by atoms with van der Waals surface area (Å²) in [5.41, 5.74) is 2.38. The van der Waals surface area contributed by atoms with Crippen molar-refractivity contribution in [3.8, 4) is 0 Å². The molecule has 0 aliphatic heterocycles. The fourth-order valence-electron chi connectivity index (χ4n) is 0.411. The van der Waals surface area contributed by atoms with Crippen LogP contribution in [0.2, 0.25) is 0 Å². The number of nitrogens with zero attached hydrogens (tertiary/aromatic N) is 1. The summed E-state index contributed by atoms with van der Waals surface area (Å²) in [6.07, 6.45) is 1.81. The number of phosphoric acid groups is 1. The van der Waals surface area contributed by atoms with Crippen LogP contribution in [-0.4, -0.2) is 24.9 Å². The lowest BCUT2D eigenvalue weighted by Gasteiger charge is -1.82. The van der Waals surface area contributed by atoms with Gasteiger partial charge in [-0.25, -0.2) is 4.57 Å². The minimum atomic E-state index is -4.64. The third-order valence-corrected chi connectivity index (χ3v) is 1.08. The van der Waals surface area contributed by atoms with Crippen LogP contribution < -0.4 is 0 Å². The summed E-state index contributed by atoms with van der Waals surface area (Å²) in [4.78, 5) is 21.6. The van der Waals surface area contributed by atoms with Crippen LogP contribution in [0.5, 0.6) is 0 Å². The van der Waals surface area contributed by atoms with Crippen molar-refractivity contribution in [2.75, 3.05) is 0 Å². The molecule has 1 aromatic rings.